The number of benzene rings is 5. The molecule has 6 nitrogen and oxygen atoms in total. The number of halogens is 3. The smallest absolute Gasteiger partial charge is 0.147 e. The summed E-state index contributed by atoms with van der Waals surface area (Å²) in [4.78, 5) is 0. The van der Waals surface area contributed by atoms with Gasteiger partial charge in [0, 0.05) is 40.9 Å². The zero-order valence-corrected chi connectivity index (χ0v) is 37.8. The lowest BCUT2D eigenvalue weighted by molar-refractivity contribution is -0.203. The van der Waals surface area contributed by atoms with Gasteiger partial charge in [-0.2, -0.15) is 0 Å². The van der Waals surface area contributed by atoms with Gasteiger partial charge < -0.3 is 28.4 Å². The first-order valence-corrected chi connectivity index (χ1v) is 22.0. The first-order chi connectivity index (χ1) is 28.1. The highest BCUT2D eigenvalue weighted by atomic mass is 79.9. The summed E-state index contributed by atoms with van der Waals surface area (Å²) in [6, 6.07) is 40.9. The topological polar surface area (TPSA) is 55.4 Å². The van der Waals surface area contributed by atoms with Crippen molar-refractivity contribution in [3.05, 3.63) is 151 Å². The molecule has 0 N–H and O–H groups in total. The Morgan fingerprint density at radius 1 is 0.448 bits per heavy atom. The van der Waals surface area contributed by atoms with E-state index in [2.05, 4.69) is 154 Å². The minimum Gasteiger partial charge on any atom is -0.359 e. The van der Waals surface area contributed by atoms with Gasteiger partial charge in [0.2, 0.25) is 0 Å². The maximum absolute atomic E-state index is 7.05. The Balaban J connectivity index is 1.07. The van der Waals surface area contributed by atoms with Crippen molar-refractivity contribution in [2.75, 3.05) is 41.7 Å². The highest BCUT2D eigenvalue weighted by molar-refractivity contribution is 9.10. The van der Waals surface area contributed by atoms with Crippen molar-refractivity contribution in [1.82, 2.24) is 0 Å². The monoisotopic (exact) mass is 930 g/mol. The van der Waals surface area contributed by atoms with Gasteiger partial charge in [-0.3, -0.25) is 0 Å². The van der Waals surface area contributed by atoms with Gasteiger partial charge in [-0.25, -0.2) is 0 Å². The van der Waals surface area contributed by atoms with Gasteiger partial charge in [0.25, 0.3) is 0 Å². The van der Waals surface area contributed by atoms with Crippen molar-refractivity contribution in [1.29, 1.82) is 0 Å². The lowest BCUT2D eigenvalue weighted by atomic mass is 9.65. The van der Waals surface area contributed by atoms with Crippen LogP contribution >= 0.6 is 43.5 Å². The fourth-order valence-electron chi connectivity index (χ4n) is 9.07. The zero-order valence-electron chi connectivity index (χ0n) is 33.8. The van der Waals surface area contributed by atoms with Crippen molar-refractivity contribution in [2.24, 2.45) is 0 Å². The average molecular weight is 933 g/mol. The van der Waals surface area contributed by atoms with E-state index in [-0.39, 0.29) is 25.8 Å². The summed E-state index contributed by atoms with van der Waals surface area (Å²) in [6.07, 6.45) is 6.93. The van der Waals surface area contributed by atoms with Gasteiger partial charge in [0.15, 0.2) is 0 Å². The van der Waals surface area contributed by atoms with E-state index in [1.54, 1.807) is 21.3 Å². The Hall–Kier alpha value is -2.89. The Kier molecular flexibility index (Phi) is 14.0. The molecule has 306 valence electrons. The maximum Gasteiger partial charge on any atom is 0.147 e. The molecular formula is C49H53Br2ClO6. The van der Waals surface area contributed by atoms with E-state index < -0.39 is 16.8 Å². The highest BCUT2D eigenvalue weighted by Gasteiger charge is 2.47. The standard InChI is InChI=1S/C49H53Br2ClO6/c1-46(38-14-18-42(50)19-15-38)23-25-47(26-24-46,56-32-53-2)40-12-7-36(8-13-40)44-22-9-37(31-45(44)52)35-5-10-39(11-6-35)48(57-33-54-3)27-29-49(30-28-48,58-34-55-4)41-16-20-43(51)21-17-41/h5-22,31H,23-30,32-34H2,1-4H3. The SMILES string of the molecule is COCOC1(c2ccc(-c3ccc(-c4ccc(C5(OCOC)CCC(OCOC)(c6ccc(Br)cc6)CC5)cc4)cc3Cl)cc2)CCC(C)(c2ccc(Br)cc2)CC1. The lowest BCUT2D eigenvalue weighted by Crippen LogP contribution is -2.43. The molecule has 0 radical (unpaired) electrons. The van der Waals surface area contributed by atoms with Crippen molar-refractivity contribution in [2.45, 2.75) is 80.5 Å². The first-order valence-electron chi connectivity index (χ1n) is 20.0. The van der Waals surface area contributed by atoms with Gasteiger partial charge >= 0.3 is 0 Å². The molecule has 0 bridgehead atoms. The first kappa shape index (κ1) is 43.2. The average Bonchev–Trinajstić information content (AvgIpc) is 3.26. The number of methoxy groups -OCH3 is 3. The molecular weight excluding hydrogens is 880 g/mol. The van der Waals surface area contributed by atoms with Gasteiger partial charge in [-0.1, -0.05) is 135 Å². The largest absolute Gasteiger partial charge is 0.359 e. The molecule has 5 aromatic carbocycles. The number of hydrogen-bond acceptors (Lipinski definition) is 6. The molecule has 0 heterocycles. The quantitative estimate of drug-likeness (QED) is 0.0975. The second-order valence-electron chi connectivity index (χ2n) is 16.1. The van der Waals surface area contributed by atoms with Crippen LogP contribution in [0.15, 0.2) is 124 Å². The fourth-order valence-corrected chi connectivity index (χ4v) is 9.89. The third-order valence-corrected chi connectivity index (χ3v) is 14.1. The van der Waals surface area contributed by atoms with E-state index in [1.165, 1.54) is 11.1 Å². The van der Waals surface area contributed by atoms with E-state index in [4.69, 9.17) is 40.0 Å². The second kappa shape index (κ2) is 18.8. The molecule has 5 aromatic rings. The minimum absolute atomic E-state index is 0.0958. The van der Waals surface area contributed by atoms with Crippen LogP contribution < -0.4 is 0 Å². The Labute approximate surface area is 365 Å². The molecule has 2 aliphatic carbocycles. The van der Waals surface area contributed by atoms with Gasteiger partial charge in [-0.15, -0.1) is 0 Å². The van der Waals surface area contributed by atoms with Crippen LogP contribution in [0.3, 0.4) is 0 Å². The van der Waals surface area contributed by atoms with Crippen molar-refractivity contribution in [3.63, 3.8) is 0 Å². The summed E-state index contributed by atoms with van der Waals surface area (Å²) in [6.45, 7) is 3.06. The Morgan fingerprint density at radius 3 is 1.19 bits per heavy atom. The van der Waals surface area contributed by atoms with E-state index in [0.717, 1.165) is 93.7 Å². The van der Waals surface area contributed by atoms with Crippen LogP contribution in [0, 0.1) is 0 Å². The van der Waals surface area contributed by atoms with Gasteiger partial charge in [0.05, 0.1) is 16.8 Å². The molecule has 0 atom stereocenters. The van der Waals surface area contributed by atoms with E-state index in [9.17, 15) is 0 Å². The molecule has 2 fully saturated rings. The number of ether oxygens (including phenoxy) is 6. The van der Waals surface area contributed by atoms with Crippen LogP contribution in [0.2, 0.25) is 5.02 Å². The molecule has 2 saturated carbocycles. The van der Waals surface area contributed by atoms with Crippen molar-refractivity contribution < 1.29 is 28.4 Å². The molecule has 0 spiro atoms. The van der Waals surface area contributed by atoms with Crippen LogP contribution in [0.5, 0.6) is 0 Å². The third kappa shape index (κ3) is 9.21. The van der Waals surface area contributed by atoms with Crippen LogP contribution in [-0.4, -0.2) is 41.7 Å². The van der Waals surface area contributed by atoms with Crippen molar-refractivity contribution in [3.8, 4) is 22.3 Å². The van der Waals surface area contributed by atoms with Crippen LogP contribution in [-0.2, 0) is 50.6 Å². The predicted octanol–water partition coefficient (Wildman–Crippen LogP) is 13.5. The summed E-state index contributed by atoms with van der Waals surface area (Å²) in [5, 5.41) is 0.704. The molecule has 0 saturated heterocycles. The molecule has 7 rings (SSSR count). The second-order valence-corrected chi connectivity index (χ2v) is 18.3. The maximum atomic E-state index is 7.05. The third-order valence-electron chi connectivity index (χ3n) is 12.7. The van der Waals surface area contributed by atoms with Crippen LogP contribution in [0.4, 0.5) is 0 Å². The lowest BCUT2D eigenvalue weighted by Gasteiger charge is -2.46. The molecule has 0 aromatic heterocycles. The zero-order chi connectivity index (χ0) is 40.8. The van der Waals surface area contributed by atoms with E-state index in [1.807, 2.05) is 0 Å². The number of hydrogen-bond donors (Lipinski definition) is 0. The Morgan fingerprint density at radius 2 is 0.793 bits per heavy atom. The summed E-state index contributed by atoms with van der Waals surface area (Å²) < 4.78 is 37.9. The minimum atomic E-state index is -0.512. The molecule has 2 aliphatic rings. The van der Waals surface area contributed by atoms with E-state index in [0.29, 0.717) is 5.02 Å². The van der Waals surface area contributed by atoms with Crippen molar-refractivity contribution >= 4 is 43.5 Å². The predicted molar refractivity (Wildman–Crippen MR) is 239 cm³/mol. The normalized spacial score (nSPS) is 24.8. The van der Waals surface area contributed by atoms with Crippen LogP contribution in [0.1, 0.15) is 80.5 Å². The number of rotatable bonds is 15. The molecule has 9 heteroatoms. The van der Waals surface area contributed by atoms with Gasteiger partial charge in [0.1, 0.15) is 20.4 Å². The highest BCUT2D eigenvalue weighted by Crippen LogP contribution is 2.51. The summed E-state index contributed by atoms with van der Waals surface area (Å²) >= 11 is 14.2. The van der Waals surface area contributed by atoms with E-state index >= 15 is 0 Å². The molecule has 0 unspecified atom stereocenters. The summed E-state index contributed by atoms with van der Waals surface area (Å²) in [5.41, 5.74) is 7.72. The van der Waals surface area contributed by atoms with Gasteiger partial charge in [-0.05, 0) is 126 Å². The summed E-state index contributed by atoms with van der Waals surface area (Å²) in [7, 11) is 5.02. The molecule has 0 aliphatic heterocycles. The van der Waals surface area contributed by atoms with Crippen LogP contribution in [0.25, 0.3) is 22.3 Å². The Bertz CT molecular complexity index is 2090. The fraction of sp³-hybridized carbons (Fsp3) is 0.388. The molecule has 0 amide bonds. The summed E-state index contributed by atoms with van der Waals surface area (Å²) in [5.74, 6) is 0. The molecule has 58 heavy (non-hydrogen) atoms.